The first kappa shape index (κ1) is 21.5. The van der Waals surface area contributed by atoms with Crippen LogP contribution >= 0.6 is 0 Å². The fraction of sp³-hybridized carbons (Fsp3) is 0.250. The lowest BCUT2D eigenvalue weighted by Crippen LogP contribution is -2.16. The summed E-state index contributed by atoms with van der Waals surface area (Å²) in [5, 5.41) is 7.58. The van der Waals surface area contributed by atoms with Crippen molar-refractivity contribution in [2.24, 2.45) is 5.10 Å². The van der Waals surface area contributed by atoms with Gasteiger partial charge in [0.15, 0.2) is 0 Å². The Bertz CT molecular complexity index is 1160. The molecule has 0 aliphatic carbocycles. The molecule has 1 aliphatic rings. The minimum Gasteiger partial charge on any atom is -0.497 e. The minimum atomic E-state index is -0.271. The Morgan fingerprint density at radius 3 is 2.69 bits per heavy atom. The van der Waals surface area contributed by atoms with Crippen molar-refractivity contribution in [3.8, 4) is 16.9 Å². The standard InChI is InChI=1S/C24H26N6O2/c1-4-25-10-9-18-15(2)28-20(22(18)16-5-7-17(32-3)8-6-16)13-19-23(29-30-24(19)31)21-14-26-11-12-27-21/h5-8,11-14,25,28H,4,9-10H2,1-3H3,(H,30,31). The SMILES string of the molecule is CCNCCc1c(C)[nH]c(C=C2C(=O)NN=C2c2cnccn2)c1-c1ccc(OC)cc1. The van der Waals surface area contributed by atoms with Crippen LogP contribution in [0.1, 0.15) is 29.6 Å². The van der Waals surface area contributed by atoms with Crippen molar-refractivity contribution in [2.75, 3.05) is 20.2 Å². The summed E-state index contributed by atoms with van der Waals surface area (Å²) in [4.78, 5) is 24.5. The number of nitrogens with zero attached hydrogens (tertiary/aromatic N) is 3. The summed E-state index contributed by atoms with van der Waals surface area (Å²) in [6.45, 7) is 5.93. The minimum absolute atomic E-state index is 0.271. The molecule has 8 nitrogen and oxygen atoms in total. The first-order valence-electron chi connectivity index (χ1n) is 10.6. The number of aromatic nitrogens is 3. The summed E-state index contributed by atoms with van der Waals surface area (Å²) in [6, 6.07) is 7.95. The van der Waals surface area contributed by atoms with Crippen LogP contribution in [0, 0.1) is 6.92 Å². The number of nitrogens with one attached hydrogen (secondary N) is 3. The molecule has 0 saturated carbocycles. The second-order valence-electron chi connectivity index (χ2n) is 7.40. The number of H-pyrrole nitrogens is 1. The van der Waals surface area contributed by atoms with Gasteiger partial charge in [-0.25, -0.2) is 5.43 Å². The zero-order valence-electron chi connectivity index (χ0n) is 18.4. The third-order valence-corrected chi connectivity index (χ3v) is 5.39. The molecule has 1 aromatic carbocycles. The Kier molecular flexibility index (Phi) is 6.42. The predicted octanol–water partition coefficient (Wildman–Crippen LogP) is 2.86. The number of hydrogen-bond acceptors (Lipinski definition) is 6. The van der Waals surface area contributed by atoms with E-state index in [0.29, 0.717) is 17.0 Å². The molecule has 0 unspecified atom stereocenters. The molecule has 2 aromatic heterocycles. The van der Waals surface area contributed by atoms with Crippen molar-refractivity contribution in [3.05, 3.63) is 71.1 Å². The number of benzene rings is 1. The van der Waals surface area contributed by atoms with Gasteiger partial charge in [-0.1, -0.05) is 19.1 Å². The molecule has 0 spiro atoms. The highest BCUT2D eigenvalue weighted by atomic mass is 16.5. The van der Waals surface area contributed by atoms with Crippen LogP contribution in [-0.4, -0.2) is 46.8 Å². The van der Waals surface area contributed by atoms with Crippen molar-refractivity contribution >= 4 is 17.7 Å². The summed E-state index contributed by atoms with van der Waals surface area (Å²) in [7, 11) is 1.65. The first-order chi connectivity index (χ1) is 15.6. The highest BCUT2D eigenvalue weighted by molar-refractivity contribution is 6.32. The number of carbonyl (C=O) groups is 1. The molecule has 3 N–H and O–H groups in total. The van der Waals surface area contributed by atoms with Gasteiger partial charge in [0.05, 0.1) is 18.9 Å². The fourth-order valence-corrected chi connectivity index (χ4v) is 3.82. The molecule has 0 fully saturated rings. The lowest BCUT2D eigenvalue weighted by atomic mass is 9.96. The van der Waals surface area contributed by atoms with Crippen LogP contribution in [0.25, 0.3) is 17.2 Å². The third kappa shape index (κ3) is 4.31. The maximum absolute atomic E-state index is 12.6. The Morgan fingerprint density at radius 1 is 1.19 bits per heavy atom. The van der Waals surface area contributed by atoms with Gasteiger partial charge in [0.2, 0.25) is 0 Å². The predicted molar refractivity (Wildman–Crippen MR) is 124 cm³/mol. The van der Waals surface area contributed by atoms with E-state index in [9.17, 15) is 4.79 Å². The normalized spacial score (nSPS) is 14.5. The Balaban J connectivity index is 1.81. The van der Waals surface area contributed by atoms with Gasteiger partial charge in [0, 0.05) is 29.3 Å². The van der Waals surface area contributed by atoms with Gasteiger partial charge >= 0.3 is 0 Å². The van der Waals surface area contributed by atoms with E-state index in [1.807, 2.05) is 30.3 Å². The largest absolute Gasteiger partial charge is 0.497 e. The lowest BCUT2D eigenvalue weighted by Gasteiger charge is -2.09. The van der Waals surface area contributed by atoms with Crippen LogP contribution < -0.4 is 15.5 Å². The number of methoxy groups -OCH3 is 1. The number of carbonyl (C=O) groups excluding carboxylic acids is 1. The summed E-state index contributed by atoms with van der Waals surface area (Å²) in [5.74, 6) is 0.523. The van der Waals surface area contributed by atoms with Gasteiger partial charge in [0.1, 0.15) is 17.2 Å². The van der Waals surface area contributed by atoms with Crippen LogP contribution in [0.15, 0.2) is 53.5 Å². The number of hydrogen-bond donors (Lipinski definition) is 3. The molecule has 32 heavy (non-hydrogen) atoms. The molecule has 164 valence electrons. The van der Waals surface area contributed by atoms with E-state index in [4.69, 9.17) is 4.74 Å². The molecule has 4 rings (SSSR count). The molecule has 0 radical (unpaired) electrons. The summed E-state index contributed by atoms with van der Waals surface area (Å²) >= 11 is 0. The van der Waals surface area contributed by atoms with Gasteiger partial charge in [0.25, 0.3) is 5.91 Å². The van der Waals surface area contributed by atoms with Crippen molar-refractivity contribution in [3.63, 3.8) is 0 Å². The number of rotatable bonds is 8. The molecule has 1 amide bonds. The average molecular weight is 431 g/mol. The van der Waals surface area contributed by atoms with Gasteiger partial charge in [-0.2, -0.15) is 5.10 Å². The van der Waals surface area contributed by atoms with Gasteiger partial charge in [-0.15, -0.1) is 0 Å². The number of amides is 1. The van der Waals surface area contributed by atoms with Gasteiger partial charge < -0.3 is 15.0 Å². The maximum Gasteiger partial charge on any atom is 0.273 e. The number of hydrazone groups is 1. The van der Waals surface area contributed by atoms with E-state index >= 15 is 0 Å². The van der Waals surface area contributed by atoms with Crippen LogP contribution in [-0.2, 0) is 11.2 Å². The van der Waals surface area contributed by atoms with Gasteiger partial charge in [-0.05, 0) is 55.8 Å². The molecular formula is C24H26N6O2. The molecule has 0 atom stereocenters. The summed E-state index contributed by atoms with van der Waals surface area (Å²) < 4.78 is 5.32. The third-order valence-electron chi connectivity index (χ3n) is 5.39. The van der Waals surface area contributed by atoms with E-state index in [-0.39, 0.29) is 5.91 Å². The van der Waals surface area contributed by atoms with Crippen LogP contribution in [0.4, 0.5) is 0 Å². The Labute approximate surface area is 186 Å². The highest BCUT2D eigenvalue weighted by Crippen LogP contribution is 2.34. The summed E-state index contributed by atoms with van der Waals surface area (Å²) in [6.07, 6.45) is 7.47. The van der Waals surface area contributed by atoms with Crippen LogP contribution in [0.5, 0.6) is 5.75 Å². The molecule has 3 heterocycles. The van der Waals surface area contributed by atoms with Crippen molar-refractivity contribution in [2.45, 2.75) is 20.3 Å². The topological polar surface area (TPSA) is 104 Å². The number of likely N-dealkylation sites (N-methyl/N-ethyl adjacent to an activating group) is 1. The van der Waals surface area contributed by atoms with E-state index in [1.54, 1.807) is 25.7 Å². The molecule has 0 saturated heterocycles. The average Bonchev–Trinajstić information content (AvgIpc) is 3.34. The zero-order valence-corrected chi connectivity index (χ0v) is 18.4. The van der Waals surface area contributed by atoms with E-state index in [2.05, 4.69) is 44.6 Å². The molecule has 8 heteroatoms. The molecule has 3 aromatic rings. The van der Waals surface area contributed by atoms with E-state index in [1.165, 1.54) is 5.56 Å². The highest BCUT2D eigenvalue weighted by Gasteiger charge is 2.26. The fourth-order valence-electron chi connectivity index (χ4n) is 3.82. The van der Waals surface area contributed by atoms with Crippen molar-refractivity contribution in [1.29, 1.82) is 0 Å². The smallest absolute Gasteiger partial charge is 0.273 e. The van der Waals surface area contributed by atoms with Gasteiger partial charge in [-0.3, -0.25) is 14.8 Å². The number of ether oxygens (including phenoxy) is 1. The quantitative estimate of drug-likeness (QED) is 0.377. The maximum atomic E-state index is 12.6. The van der Waals surface area contributed by atoms with E-state index in [0.717, 1.165) is 47.8 Å². The lowest BCUT2D eigenvalue weighted by molar-refractivity contribution is -0.116. The number of aromatic amines is 1. The second-order valence-corrected chi connectivity index (χ2v) is 7.40. The van der Waals surface area contributed by atoms with Crippen LogP contribution in [0.2, 0.25) is 0 Å². The monoisotopic (exact) mass is 430 g/mol. The van der Waals surface area contributed by atoms with Crippen molar-refractivity contribution < 1.29 is 9.53 Å². The first-order valence-corrected chi connectivity index (χ1v) is 10.6. The Hall–Kier alpha value is -3.78. The zero-order chi connectivity index (χ0) is 22.5. The van der Waals surface area contributed by atoms with E-state index < -0.39 is 0 Å². The number of aryl methyl sites for hydroxylation is 1. The Morgan fingerprint density at radius 2 is 2.00 bits per heavy atom. The molecule has 0 bridgehead atoms. The molecule has 1 aliphatic heterocycles. The summed E-state index contributed by atoms with van der Waals surface area (Å²) in [5.41, 5.74) is 9.24. The van der Waals surface area contributed by atoms with Crippen molar-refractivity contribution in [1.82, 2.24) is 25.7 Å². The van der Waals surface area contributed by atoms with Crippen LogP contribution in [0.3, 0.4) is 0 Å². The second kappa shape index (κ2) is 9.57. The molecular weight excluding hydrogens is 404 g/mol.